The number of ketones is 1. The number of rotatable bonds is 3. The molecule has 0 saturated carbocycles. The summed E-state index contributed by atoms with van der Waals surface area (Å²) in [5, 5.41) is 28.5. The number of hydrogen-bond donors (Lipinski definition) is 4. The molecule has 6 nitrogen and oxygen atoms in total. The Morgan fingerprint density at radius 2 is 1.20 bits per heavy atom. The van der Waals surface area contributed by atoms with Crippen molar-refractivity contribution in [3.05, 3.63) is 140 Å². The molecule has 0 unspecified atom stereocenters. The second kappa shape index (κ2) is 10.9. The van der Waals surface area contributed by atoms with Gasteiger partial charge in [0.2, 0.25) is 5.78 Å². The van der Waals surface area contributed by atoms with Gasteiger partial charge in [-0.25, -0.2) is 0 Å². The first-order valence-electron chi connectivity index (χ1n) is 17.2. The Morgan fingerprint density at radius 3 is 1.84 bits per heavy atom. The largest absolute Gasteiger partial charge is 0.506 e. The fourth-order valence-electron chi connectivity index (χ4n) is 8.77. The summed E-state index contributed by atoms with van der Waals surface area (Å²) < 4.78 is 0. The Bertz CT molecular complexity index is 2650. The average molecular weight is 650 g/mol. The summed E-state index contributed by atoms with van der Waals surface area (Å²) in [4.78, 5) is 19.7. The summed E-state index contributed by atoms with van der Waals surface area (Å²) >= 11 is 0. The van der Waals surface area contributed by atoms with E-state index < -0.39 is 0 Å². The monoisotopic (exact) mass is 650 g/mol. The lowest BCUT2D eigenvalue weighted by Crippen LogP contribution is -2.50. The summed E-state index contributed by atoms with van der Waals surface area (Å²) in [6.45, 7) is 12.2. The van der Waals surface area contributed by atoms with Crippen molar-refractivity contribution in [1.82, 2.24) is 0 Å². The maximum Gasteiger partial charge on any atom is 0.428 e. The Hall–Kier alpha value is -5.75. The van der Waals surface area contributed by atoms with Gasteiger partial charge in [0.05, 0.1) is 16.5 Å². The molecule has 0 spiro atoms. The van der Waals surface area contributed by atoms with Gasteiger partial charge in [0.1, 0.15) is 5.76 Å². The minimum Gasteiger partial charge on any atom is -0.506 e. The standard InChI is InChI=1S/C42H36B2N4O2/c1-21-17-23(3)37(24(4)18-21)43-45-31-11-7-9-27-13-15-29(39(47-43)33(27)31)35-41(49)36(42(35)50)30-16-14-28-10-8-12-32-34(28)40(30)48-44(46-32)38-25(5)19-22(2)20-26(38)6/h7-20,45-47,49H,1-6H3/b36-30+. The van der Waals surface area contributed by atoms with Crippen LogP contribution in [0.5, 0.6) is 0 Å². The number of hydrogen-bond acceptors (Lipinski definition) is 6. The van der Waals surface area contributed by atoms with Gasteiger partial charge >= 0.3 is 14.0 Å². The van der Waals surface area contributed by atoms with Gasteiger partial charge in [-0.15, -0.1) is 0 Å². The molecule has 3 aliphatic rings. The molecule has 0 bridgehead atoms. The number of Topliss-reactive ketones (excluding diaryl/α,β-unsaturated/α-hetero) is 1. The van der Waals surface area contributed by atoms with Crippen LogP contribution in [0.25, 0.3) is 32.7 Å². The van der Waals surface area contributed by atoms with Crippen LogP contribution in [0, 0.1) is 41.5 Å². The quantitative estimate of drug-likeness (QED) is 0.171. The van der Waals surface area contributed by atoms with Gasteiger partial charge < -0.3 is 25.7 Å². The number of aliphatic hydroxyl groups excluding tert-OH is 1. The number of nitrogens with zero attached hydrogens (tertiary/aromatic N) is 1. The number of benzene rings is 6. The number of carbonyl (C=O) groups excluding carboxylic acids is 1. The van der Waals surface area contributed by atoms with Crippen LogP contribution in [0.3, 0.4) is 0 Å². The van der Waals surface area contributed by atoms with Gasteiger partial charge in [0, 0.05) is 38.6 Å². The fraction of sp³-hybridized carbons (Fsp3) is 0.143. The van der Waals surface area contributed by atoms with E-state index in [-0.39, 0.29) is 25.5 Å². The summed E-state index contributed by atoms with van der Waals surface area (Å²) in [6.07, 6.45) is 0. The van der Waals surface area contributed by atoms with Crippen LogP contribution < -0.4 is 37.2 Å². The van der Waals surface area contributed by atoms with E-state index in [9.17, 15) is 9.90 Å². The van der Waals surface area contributed by atoms with Crippen LogP contribution in [0.15, 0.2) is 95.6 Å². The zero-order valence-corrected chi connectivity index (χ0v) is 29.0. The van der Waals surface area contributed by atoms with Crippen molar-refractivity contribution in [3.63, 3.8) is 0 Å². The van der Waals surface area contributed by atoms with Crippen LogP contribution in [-0.2, 0) is 4.79 Å². The summed E-state index contributed by atoms with van der Waals surface area (Å²) in [6, 6.07) is 29.1. The van der Waals surface area contributed by atoms with Crippen molar-refractivity contribution in [2.45, 2.75) is 41.5 Å². The number of aryl methyl sites for hydroxylation is 6. The van der Waals surface area contributed by atoms with Gasteiger partial charge in [-0.1, -0.05) is 106 Å². The Morgan fingerprint density at radius 1 is 0.620 bits per heavy atom. The maximum absolute atomic E-state index is 14.4. The molecule has 6 aromatic rings. The SMILES string of the molecule is Cc1cc(C)c(B2N=c3/c(=C4/C(=O)C(c5ccc6cccc7c6c5NB(c5c(C)cc(C)cc5C)N7)=C4O)ccc4cccc(c34)N2)c(C)c1. The van der Waals surface area contributed by atoms with Crippen LogP contribution in [-0.4, -0.2) is 24.9 Å². The van der Waals surface area contributed by atoms with Gasteiger partial charge in [-0.05, 0) is 75.4 Å². The number of nitrogens with one attached hydrogen (secondary N) is 3. The molecule has 2 heterocycles. The molecular weight excluding hydrogens is 614 g/mol. The Balaban J connectivity index is 1.25. The van der Waals surface area contributed by atoms with Crippen LogP contribution in [0.2, 0.25) is 0 Å². The molecule has 8 heteroatoms. The minimum atomic E-state index is -0.332. The molecule has 1 aliphatic carbocycles. The van der Waals surface area contributed by atoms with Crippen LogP contribution in [0.4, 0.5) is 17.1 Å². The normalized spacial score (nSPS) is 15.8. The van der Waals surface area contributed by atoms with Gasteiger partial charge in [-0.2, -0.15) is 0 Å². The predicted molar refractivity (Wildman–Crippen MR) is 210 cm³/mol. The number of aliphatic hydroxyl groups is 1. The molecule has 0 fully saturated rings. The van der Waals surface area contributed by atoms with Gasteiger partial charge in [0.25, 0.3) is 0 Å². The van der Waals surface area contributed by atoms with Crippen LogP contribution in [0.1, 0.15) is 38.9 Å². The molecule has 0 aromatic heterocycles. The summed E-state index contributed by atoms with van der Waals surface area (Å²) in [5.74, 6) is -0.181. The highest BCUT2D eigenvalue weighted by molar-refractivity contribution is 6.81. The lowest BCUT2D eigenvalue weighted by Gasteiger charge is -2.32. The zero-order valence-electron chi connectivity index (χ0n) is 29.0. The number of allylic oxidation sites excluding steroid dienone is 2. The summed E-state index contributed by atoms with van der Waals surface area (Å²) in [7, 11) is 0. The highest BCUT2D eigenvalue weighted by Crippen LogP contribution is 2.45. The van der Waals surface area contributed by atoms with E-state index in [1.807, 2.05) is 36.4 Å². The lowest BCUT2D eigenvalue weighted by molar-refractivity contribution is -0.109. The average Bonchev–Trinajstić information content (AvgIpc) is 3.06. The van der Waals surface area contributed by atoms with Crippen molar-refractivity contribution < 1.29 is 9.90 Å². The van der Waals surface area contributed by atoms with Crippen molar-refractivity contribution in [1.29, 1.82) is 0 Å². The number of anilines is 3. The minimum absolute atomic E-state index is 0.00345. The third-order valence-corrected chi connectivity index (χ3v) is 10.7. The molecular formula is C42H36B2N4O2. The van der Waals surface area contributed by atoms with Crippen molar-refractivity contribution in [2.24, 2.45) is 4.90 Å². The first kappa shape index (κ1) is 30.3. The summed E-state index contributed by atoms with van der Waals surface area (Å²) in [5.41, 5.74) is 13.6. The molecule has 9 rings (SSSR count). The molecule has 0 amide bonds. The molecule has 2 aliphatic heterocycles. The van der Waals surface area contributed by atoms with E-state index in [1.165, 1.54) is 27.7 Å². The van der Waals surface area contributed by atoms with E-state index in [0.717, 1.165) is 60.6 Å². The van der Waals surface area contributed by atoms with Crippen LogP contribution >= 0.6 is 0 Å². The first-order valence-corrected chi connectivity index (χ1v) is 17.2. The van der Waals surface area contributed by atoms with E-state index >= 15 is 0 Å². The topological polar surface area (TPSA) is 85.8 Å². The fourth-order valence-corrected chi connectivity index (χ4v) is 8.77. The smallest absolute Gasteiger partial charge is 0.428 e. The molecule has 0 atom stereocenters. The zero-order chi connectivity index (χ0) is 34.6. The van der Waals surface area contributed by atoms with E-state index in [1.54, 1.807) is 0 Å². The van der Waals surface area contributed by atoms with Gasteiger partial charge in [-0.3, -0.25) is 4.79 Å². The molecule has 242 valence electrons. The second-order valence-corrected chi connectivity index (χ2v) is 14.2. The van der Waals surface area contributed by atoms with Crippen molar-refractivity contribution in [3.8, 4) is 0 Å². The second-order valence-electron chi connectivity index (χ2n) is 14.2. The first-order chi connectivity index (χ1) is 24.1. The molecule has 4 N–H and O–H groups in total. The lowest BCUT2D eigenvalue weighted by atomic mass is 9.62. The highest BCUT2D eigenvalue weighted by Gasteiger charge is 2.39. The molecule has 50 heavy (non-hydrogen) atoms. The Labute approximate surface area is 291 Å². The molecule has 0 saturated heterocycles. The molecule has 6 aromatic carbocycles. The van der Waals surface area contributed by atoms with Crippen molar-refractivity contribution in [2.75, 3.05) is 15.7 Å². The van der Waals surface area contributed by atoms with Crippen molar-refractivity contribution >= 4 is 80.4 Å². The molecule has 0 radical (unpaired) electrons. The maximum atomic E-state index is 14.4. The van der Waals surface area contributed by atoms with E-state index in [4.69, 9.17) is 4.90 Å². The van der Waals surface area contributed by atoms with E-state index in [0.29, 0.717) is 21.9 Å². The van der Waals surface area contributed by atoms with E-state index in [2.05, 4.69) is 106 Å². The predicted octanol–water partition coefficient (Wildman–Crippen LogP) is 6.22. The number of carbonyl (C=O) groups is 1. The Kier molecular flexibility index (Phi) is 6.60. The highest BCUT2D eigenvalue weighted by atomic mass is 16.3. The van der Waals surface area contributed by atoms with Gasteiger partial charge in [0.15, 0.2) is 0 Å². The third-order valence-electron chi connectivity index (χ3n) is 10.7. The third kappa shape index (κ3) is 4.37.